The molecule has 0 aromatic carbocycles. The van der Waals surface area contributed by atoms with Crippen molar-refractivity contribution in [2.45, 2.75) is 70.8 Å². The van der Waals surface area contributed by atoms with Crippen LogP contribution in [0.25, 0.3) is 0 Å². The lowest BCUT2D eigenvalue weighted by atomic mass is 9.87. The van der Waals surface area contributed by atoms with Crippen molar-refractivity contribution >= 4 is 11.8 Å². The van der Waals surface area contributed by atoms with Gasteiger partial charge in [-0.3, -0.25) is 9.36 Å². The number of nitrogens with two attached hydrogens (primary N) is 1. The van der Waals surface area contributed by atoms with E-state index in [1.165, 1.54) is 6.07 Å². The molecule has 2 rings (SSSR count). The number of aromatic nitrogens is 2. The zero-order valence-electron chi connectivity index (χ0n) is 16.2. The number of esters is 1. The highest BCUT2D eigenvalue weighted by atomic mass is 19.3. The molecule has 28 heavy (non-hydrogen) atoms. The van der Waals surface area contributed by atoms with E-state index in [4.69, 9.17) is 15.2 Å². The second-order valence-corrected chi connectivity index (χ2v) is 7.63. The van der Waals surface area contributed by atoms with Gasteiger partial charge in [0.1, 0.15) is 18.5 Å². The molecule has 0 aliphatic carbocycles. The number of rotatable bonds is 8. The number of aliphatic hydroxyl groups is 1. The number of ether oxygens (including phenoxy) is 2. The van der Waals surface area contributed by atoms with E-state index in [1.54, 1.807) is 13.8 Å². The molecule has 1 fully saturated rings. The summed E-state index contributed by atoms with van der Waals surface area (Å²) in [7, 11) is 0. The Morgan fingerprint density at radius 2 is 2.14 bits per heavy atom. The summed E-state index contributed by atoms with van der Waals surface area (Å²) in [5, 5.41) is 9.96. The van der Waals surface area contributed by atoms with Gasteiger partial charge in [0, 0.05) is 6.20 Å². The monoisotopic (exact) mass is 403 g/mol. The van der Waals surface area contributed by atoms with Crippen LogP contribution in [0.3, 0.4) is 0 Å². The van der Waals surface area contributed by atoms with Crippen molar-refractivity contribution in [2.75, 3.05) is 12.3 Å². The molecule has 8 nitrogen and oxygen atoms in total. The largest absolute Gasteiger partial charge is 0.462 e. The van der Waals surface area contributed by atoms with E-state index in [0.717, 1.165) is 25.5 Å². The predicted octanol–water partition coefficient (Wildman–Crippen LogP) is 1.87. The fourth-order valence-corrected chi connectivity index (χ4v) is 2.98. The molecule has 2 heterocycles. The summed E-state index contributed by atoms with van der Waals surface area (Å²) in [6, 6.07) is 1.17. The number of nitrogen functional groups attached to an aromatic ring is 1. The van der Waals surface area contributed by atoms with Crippen molar-refractivity contribution in [3.63, 3.8) is 0 Å². The molecule has 0 bridgehead atoms. The Labute approximate surface area is 161 Å². The quantitative estimate of drug-likeness (QED) is 0.503. The van der Waals surface area contributed by atoms with Crippen LogP contribution >= 0.6 is 0 Å². The van der Waals surface area contributed by atoms with E-state index in [9.17, 15) is 23.5 Å². The van der Waals surface area contributed by atoms with Gasteiger partial charge in [0.15, 0.2) is 6.10 Å². The Kier molecular flexibility index (Phi) is 6.76. The van der Waals surface area contributed by atoms with Crippen LogP contribution in [-0.4, -0.2) is 45.4 Å². The highest BCUT2D eigenvalue weighted by molar-refractivity contribution is 5.75. The van der Waals surface area contributed by atoms with Crippen LogP contribution in [0.2, 0.25) is 0 Å². The molecule has 3 N–H and O–H groups in total. The first-order valence-electron chi connectivity index (χ1n) is 9.24. The summed E-state index contributed by atoms with van der Waals surface area (Å²) in [6.45, 7) is 4.92. The van der Waals surface area contributed by atoms with E-state index < -0.39 is 48.0 Å². The number of aliphatic hydroxyl groups excluding tert-OH is 1. The van der Waals surface area contributed by atoms with Crippen molar-refractivity contribution in [1.82, 2.24) is 9.55 Å². The molecule has 1 aromatic rings. The maximum absolute atomic E-state index is 14.4. The van der Waals surface area contributed by atoms with Gasteiger partial charge in [-0.2, -0.15) is 13.8 Å². The van der Waals surface area contributed by atoms with Crippen molar-refractivity contribution < 1.29 is 28.2 Å². The van der Waals surface area contributed by atoms with Gasteiger partial charge < -0.3 is 20.3 Å². The predicted molar refractivity (Wildman–Crippen MR) is 96.7 cm³/mol. The van der Waals surface area contributed by atoms with Crippen LogP contribution in [0.1, 0.15) is 52.7 Å². The number of carbonyl (C=O) groups is 1. The van der Waals surface area contributed by atoms with E-state index in [-0.39, 0.29) is 5.82 Å². The third-order valence-corrected chi connectivity index (χ3v) is 4.82. The fourth-order valence-electron chi connectivity index (χ4n) is 2.98. The van der Waals surface area contributed by atoms with Crippen LogP contribution in [0.4, 0.5) is 14.6 Å². The number of nitrogens with zero attached hydrogens (tertiary/aromatic N) is 2. The summed E-state index contributed by atoms with van der Waals surface area (Å²) in [4.78, 5) is 27.5. The van der Waals surface area contributed by atoms with E-state index in [2.05, 4.69) is 4.98 Å². The number of alkyl halides is 2. The lowest BCUT2D eigenvalue weighted by molar-refractivity contribution is -0.160. The van der Waals surface area contributed by atoms with Crippen LogP contribution in [0.15, 0.2) is 17.1 Å². The standard InChI is InChI=1S/C18H27F2N3O5/c1-4-5-6-8-17(2,3)15(25)27-10-11-13(24)18(19,20)14(28-11)23-9-7-12(21)22-16(23)26/h7,9,11,13-14,24H,4-6,8,10H2,1-3H3,(H2,21,22,26)/t11-,13?,14-/m1/s1. The topological polar surface area (TPSA) is 117 Å². The average Bonchev–Trinajstić information content (AvgIpc) is 2.83. The van der Waals surface area contributed by atoms with Crippen molar-refractivity contribution in [3.05, 3.63) is 22.7 Å². The molecular weight excluding hydrogens is 376 g/mol. The molecule has 0 amide bonds. The molecule has 0 saturated carbocycles. The van der Waals surface area contributed by atoms with Crippen molar-refractivity contribution in [2.24, 2.45) is 5.41 Å². The lowest BCUT2D eigenvalue weighted by Gasteiger charge is -2.24. The molecule has 0 spiro atoms. The molecule has 1 aromatic heterocycles. The summed E-state index contributed by atoms with van der Waals surface area (Å²) < 4.78 is 39.7. The van der Waals surface area contributed by atoms with Crippen LogP contribution in [-0.2, 0) is 14.3 Å². The molecule has 1 unspecified atom stereocenters. The Morgan fingerprint density at radius 1 is 1.46 bits per heavy atom. The van der Waals surface area contributed by atoms with Crippen molar-refractivity contribution in [3.8, 4) is 0 Å². The van der Waals surface area contributed by atoms with Gasteiger partial charge >= 0.3 is 17.6 Å². The third kappa shape index (κ3) is 4.67. The van der Waals surface area contributed by atoms with E-state index in [1.807, 2.05) is 6.92 Å². The Hall–Kier alpha value is -2.07. The van der Waals surface area contributed by atoms with Gasteiger partial charge in [-0.25, -0.2) is 4.79 Å². The SMILES string of the molecule is CCCCCC(C)(C)C(=O)OC[C@H]1O[C@@H](n2ccc(N)nc2=O)C(F)(F)C1O. The van der Waals surface area contributed by atoms with E-state index >= 15 is 0 Å². The molecule has 1 saturated heterocycles. The second kappa shape index (κ2) is 8.52. The number of anilines is 1. The normalized spacial score (nSPS) is 24.3. The number of hydrogen-bond acceptors (Lipinski definition) is 7. The van der Waals surface area contributed by atoms with Gasteiger partial charge in [0.25, 0.3) is 0 Å². The molecular formula is C18H27F2N3O5. The average molecular weight is 403 g/mol. The first-order valence-corrected chi connectivity index (χ1v) is 9.24. The fraction of sp³-hybridized carbons (Fsp3) is 0.722. The maximum atomic E-state index is 14.4. The molecule has 1 aliphatic rings. The first-order chi connectivity index (χ1) is 13.0. The summed E-state index contributed by atoms with van der Waals surface area (Å²) >= 11 is 0. The third-order valence-electron chi connectivity index (χ3n) is 4.82. The highest BCUT2D eigenvalue weighted by Crippen LogP contribution is 2.42. The molecule has 1 aliphatic heterocycles. The summed E-state index contributed by atoms with van der Waals surface area (Å²) in [6.07, 6.45) is -1.39. The van der Waals surface area contributed by atoms with Gasteiger partial charge in [-0.1, -0.05) is 26.2 Å². The number of halogens is 2. The lowest BCUT2D eigenvalue weighted by Crippen LogP contribution is -2.42. The molecule has 0 radical (unpaired) electrons. The second-order valence-electron chi connectivity index (χ2n) is 7.63. The smallest absolute Gasteiger partial charge is 0.351 e. The summed E-state index contributed by atoms with van der Waals surface area (Å²) in [5.74, 6) is -4.47. The maximum Gasteiger partial charge on any atom is 0.351 e. The van der Waals surface area contributed by atoms with Crippen molar-refractivity contribution in [1.29, 1.82) is 0 Å². The number of hydrogen-bond donors (Lipinski definition) is 2. The zero-order valence-corrected chi connectivity index (χ0v) is 16.2. The Morgan fingerprint density at radius 3 is 2.75 bits per heavy atom. The molecule has 10 heteroatoms. The van der Waals surface area contributed by atoms with Gasteiger partial charge in [-0.15, -0.1) is 0 Å². The minimum absolute atomic E-state index is 0.126. The van der Waals surface area contributed by atoms with E-state index in [0.29, 0.717) is 11.0 Å². The van der Waals surface area contributed by atoms with Gasteiger partial charge in [-0.05, 0) is 26.3 Å². The van der Waals surface area contributed by atoms with Crippen LogP contribution in [0.5, 0.6) is 0 Å². The van der Waals surface area contributed by atoms with Crippen LogP contribution in [0, 0.1) is 5.41 Å². The molecule has 3 atom stereocenters. The van der Waals surface area contributed by atoms with Gasteiger partial charge in [0.05, 0.1) is 5.41 Å². The molecule has 158 valence electrons. The number of unbranched alkanes of at least 4 members (excludes halogenated alkanes) is 2. The zero-order chi connectivity index (χ0) is 21.1. The summed E-state index contributed by atoms with van der Waals surface area (Å²) in [5.41, 5.74) is 3.54. The number of carbonyl (C=O) groups excluding carboxylic acids is 1. The Bertz CT molecular complexity index is 753. The Balaban J connectivity index is 2.05. The van der Waals surface area contributed by atoms with Gasteiger partial charge in [0.2, 0.25) is 6.23 Å². The first kappa shape index (κ1) is 22.2. The minimum Gasteiger partial charge on any atom is -0.462 e. The minimum atomic E-state index is -3.78. The highest BCUT2D eigenvalue weighted by Gasteiger charge is 2.60. The van der Waals surface area contributed by atoms with Crippen LogP contribution < -0.4 is 11.4 Å².